The molecular formula is C17H23NO2S. The highest BCUT2D eigenvalue weighted by Gasteiger charge is 2.46. The van der Waals surface area contributed by atoms with E-state index in [0.717, 1.165) is 25.7 Å². The van der Waals surface area contributed by atoms with Gasteiger partial charge < -0.3 is 10.1 Å². The highest BCUT2D eigenvalue weighted by Crippen LogP contribution is 2.43. The zero-order chi connectivity index (χ0) is 14.3. The van der Waals surface area contributed by atoms with Crippen molar-refractivity contribution in [2.24, 2.45) is 0 Å². The van der Waals surface area contributed by atoms with E-state index >= 15 is 0 Å². The van der Waals surface area contributed by atoms with Crippen LogP contribution in [0, 0.1) is 0 Å². The van der Waals surface area contributed by atoms with Crippen LogP contribution in [0.3, 0.4) is 0 Å². The highest BCUT2D eigenvalue weighted by atomic mass is 32.1. The van der Waals surface area contributed by atoms with Crippen molar-refractivity contribution in [2.75, 3.05) is 0 Å². The summed E-state index contributed by atoms with van der Waals surface area (Å²) in [5, 5.41) is 5.45. The Labute approximate surface area is 130 Å². The minimum Gasteiger partial charge on any atom is -0.373 e. The van der Waals surface area contributed by atoms with Crippen LogP contribution >= 0.6 is 11.3 Å². The number of fused-ring (bicyclic) bond motifs is 2. The molecular weight excluding hydrogens is 282 g/mol. The Morgan fingerprint density at radius 1 is 1.29 bits per heavy atom. The number of carbonyl (C=O) groups is 1. The van der Waals surface area contributed by atoms with E-state index in [9.17, 15) is 4.79 Å². The van der Waals surface area contributed by atoms with Crippen molar-refractivity contribution in [2.45, 2.75) is 75.0 Å². The summed E-state index contributed by atoms with van der Waals surface area (Å²) < 4.78 is 5.88. The van der Waals surface area contributed by atoms with E-state index in [1.54, 1.807) is 11.3 Å². The second-order valence-corrected chi connectivity index (χ2v) is 7.76. The van der Waals surface area contributed by atoms with Crippen molar-refractivity contribution in [1.82, 2.24) is 5.32 Å². The Balaban J connectivity index is 1.54. The van der Waals surface area contributed by atoms with Crippen molar-refractivity contribution in [1.29, 1.82) is 0 Å². The molecule has 3 nitrogen and oxygen atoms in total. The van der Waals surface area contributed by atoms with Gasteiger partial charge in [0.2, 0.25) is 5.91 Å². The van der Waals surface area contributed by atoms with Gasteiger partial charge in [0.1, 0.15) is 0 Å². The Morgan fingerprint density at radius 2 is 2.14 bits per heavy atom. The van der Waals surface area contributed by atoms with E-state index in [4.69, 9.17) is 4.74 Å². The zero-order valence-electron chi connectivity index (χ0n) is 12.3. The second-order valence-electron chi connectivity index (χ2n) is 6.81. The predicted octanol–water partition coefficient (Wildman–Crippen LogP) is 3.39. The SMILES string of the molecule is O=C(NC1CC2CCC1O2)C1(c2cccs2)CCCCC1. The van der Waals surface area contributed by atoms with Gasteiger partial charge in [-0.15, -0.1) is 11.3 Å². The fraction of sp³-hybridized carbons (Fsp3) is 0.706. The molecule has 21 heavy (non-hydrogen) atoms. The highest BCUT2D eigenvalue weighted by molar-refractivity contribution is 7.10. The van der Waals surface area contributed by atoms with E-state index < -0.39 is 0 Å². The molecule has 1 aromatic heterocycles. The first-order chi connectivity index (χ1) is 10.3. The van der Waals surface area contributed by atoms with Crippen LogP contribution in [0.2, 0.25) is 0 Å². The van der Waals surface area contributed by atoms with E-state index in [0.29, 0.717) is 6.10 Å². The number of hydrogen-bond acceptors (Lipinski definition) is 3. The van der Waals surface area contributed by atoms with Crippen LogP contribution in [-0.4, -0.2) is 24.2 Å². The maximum absolute atomic E-state index is 13.1. The maximum Gasteiger partial charge on any atom is 0.231 e. The fourth-order valence-corrected chi connectivity index (χ4v) is 5.37. The fourth-order valence-electron chi connectivity index (χ4n) is 4.39. The van der Waals surface area contributed by atoms with Gasteiger partial charge in [0.15, 0.2) is 0 Å². The summed E-state index contributed by atoms with van der Waals surface area (Å²) in [5.74, 6) is 0.255. The van der Waals surface area contributed by atoms with Crippen molar-refractivity contribution < 1.29 is 9.53 Å². The minimum atomic E-state index is -0.270. The van der Waals surface area contributed by atoms with Gasteiger partial charge >= 0.3 is 0 Å². The molecule has 0 aromatic carbocycles. The Morgan fingerprint density at radius 3 is 2.76 bits per heavy atom. The van der Waals surface area contributed by atoms with Gasteiger partial charge in [-0.3, -0.25) is 4.79 Å². The molecule has 3 aliphatic rings. The number of carbonyl (C=O) groups excluding carboxylic acids is 1. The summed E-state index contributed by atoms with van der Waals surface area (Å²) in [6.45, 7) is 0. The Kier molecular flexibility index (Phi) is 3.54. The number of ether oxygens (including phenoxy) is 1. The van der Waals surface area contributed by atoms with Gasteiger partial charge in [-0.2, -0.15) is 0 Å². The van der Waals surface area contributed by atoms with Gasteiger partial charge in [-0.25, -0.2) is 0 Å². The average molecular weight is 305 g/mol. The first-order valence-electron chi connectivity index (χ1n) is 8.28. The average Bonchev–Trinajstić information content (AvgIpc) is 3.25. The van der Waals surface area contributed by atoms with E-state index in [-0.39, 0.29) is 23.5 Å². The zero-order valence-corrected chi connectivity index (χ0v) is 13.2. The summed E-state index contributed by atoms with van der Waals surface area (Å²) in [6.07, 6.45) is 9.55. The van der Waals surface area contributed by atoms with Crippen molar-refractivity contribution in [3.05, 3.63) is 22.4 Å². The van der Waals surface area contributed by atoms with Crippen LogP contribution in [-0.2, 0) is 14.9 Å². The van der Waals surface area contributed by atoms with Gasteiger partial charge in [0.25, 0.3) is 0 Å². The predicted molar refractivity (Wildman–Crippen MR) is 83.5 cm³/mol. The summed E-state index contributed by atoms with van der Waals surface area (Å²) in [7, 11) is 0. The monoisotopic (exact) mass is 305 g/mol. The van der Waals surface area contributed by atoms with Crippen molar-refractivity contribution in [3.63, 3.8) is 0 Å². The molecule has 3 atom stereocenters. The third-order valence-electron chi connectivity index (χ3n) is 5.56. The number of rotatable bonds is 3. The molecule has 4 rings (SSSR count). The standard InChI is InChI=1S/C17H23NO2S/c19-16(18-13-11-12-6-7-14(13)20-12)17(8-2-1-3-9-17)15-5-4-10-21-15/h4-5,10,12-14H,1-3,6-9,11H2,(H,18,19). The van der Waals surface area contributed by atoms with Gasteiger partial charge in [0, 0.05) is 4.88 Å². The van der Waals surface area contributed by atoms with E-state index in [1.807, 2.05) is 0 Å². The molecule has 2 aliphatic heterocycles. The van der Waals surface area contributed by atoms with Crippen LogP contribution in [0.5, 0.6) is 0 Å². The molecule has 1 N–H and O–H groups in total. The molecule has 1 aromatic rings. The lowest BCUT2D eigenvalue weighted by atomic mass is 9.72. The van der Waals surface area contributed by atoms with Crippen LogP contribution in [0.4, 0.5) is 0 Å². The Hall–Kier alpha value is -0.870. The summed E-state index contributed by atoms with van der Waals surface area (Å²) in [5.41, 5.74) is -0.270. The van der Waals surface area contributed by atoms with Crippen molar-refractivity contribution in [3.8, 4) is 0 Å². The topological polar surface area (TPSA) is 38.3 Å². The molecule has 1 amide bonds. The summed E-state index contributed by atoms with van der Waals surface area (Å²) in [4.78, 5) is 14.3. The Bertz CT molecular complexity index is 507. The van der Waals surface area contributed by atoms with Crippen molar-refractivity contribution >= 4 is 17.2 Å². The molecule has 3 unspecified atom stereocenters. The third-order valence-corrected chi connectivity index (χ3v) is 6.63. The van der Waals surface area contributed by atoms with Crippen LogP contribution in [0.15, 0.2) is 17.5 Å². The molecule has 0 radical (unpaired) electrons. The first-order valence-corrected chi connectivity index (χ1v) is 9.16. The lowest BCUT2D eigenvalue weighted by molar-refractivity contribution is -0.129. The summed E-state index contributed by atoms with van der Waals surface area (Å²) in [6, 6.07) is 4.46. The second kappa shape index (κ2) is 5.40. The smallest absolute Gasteiger partial charge is 0.231 e. The summed E-state index contributed by atoms with van der Waals surface area (Å²) >= 11 is 1.74. The minimum absolute atomic E-state index is 0.245. The van der Waals surface area contributed by atoms with E-state index in [2.05, 4.69) is 22.8 Å². The molecule has 4 heteroatoms. The number of nitrogens with one attached hydrogen (secondary N) is 1. The number of thiophene rings is 1. The van der Waals surface area contributed by atoms with Gasteiger partial charge in [0.05, 0.1) is 23.7 Å². The lowest BCUT2D eigenvalue weighted by Gasteiger charge is -2.36. The normalized spacial score (nSPS) is 34.0. The maximum atomic E-state index is 13.1. The first kappa shape index (κ1) is 13.8. The molecule has 3 heterocycles. The van der Waals surface area contributed by atoms with E-state index in [1.165, 1.54) is 30.6 Å². The van der Waals surface area contributed by atoms with Crippen LogP contribution in [0.1, 0.15) is 56.2 Å². The molecule has 3 fully saturated rings. The van der Waals surface area contributed by atoms with Gasteiger partial charge in [-0.05, 0) is 43.6 Å². The third kappa shape index (κ3) is 2.33. The molecule has 2 saturated heterocycles. The quantitative estimate of drug-likeness (QED) is 0.929. The molecule has 114 valence electrons. The number of hydrogen-bond donors (Lipinski definition) is 1. The largest absolute Gasteiger partial charge is 0.373 e. The van der Waals surface area contributed by atoms with Crippen LogP contribution in [0.25, 0.3) is 0 Å². The van der Waals surface area contributed by atoms with Crippen LogP contribution < -0.4 is 5.32 Å². The molecule has 1 aliphatic carbocycles. The lowest BCUT2D eigenvalue weighted by Crippen LogP contribution is -2.51. The number of amides is 1. The molecule has 2 bridgehead atoms. The molecule has 1 saturated carbocycles. The van der Waals surface area contributed by atoms with Gasteiger partial charge in [-0.1, -0.05) is 25.3 Å². The molecule has 0 spiro atoms.